The third-order valence-electron chi connectivity index (χ3n) is 3.31. The van der Waals surface area contributed by atoms with Crippen LogP contribution in [0.5, 0.6) is 0 Å². The molecule has 2 heterocycles. The van der Waals surface area contributed by atoms with Gasteiger partial charge < -0.3 is 4.90 Å². The third kappa shape index (κ3) is 2.65. The maximum Gasteiger partial charge on any atom is 0.258 e. The molecule has 0 spiro atoms. The lowest BCUT2D eigenvalue weighted by atomic mass is 9.85. The molecule has 0 amide bonds. The van der Waals surface area contributed by atoms with Crippen molar-refractivity contribution in [2.24, 2.45) is 5.92 Å². The fourth-order valence-electron chi connectivity index (χ4n) is 2.06. The van der Waals surface area contributed by atoms with Gasteiger partial charge in [0.15, 0.2) is 0 Å². The van der Waals surface area contributed by atoms with Gasteiger partial charge in [-0.15, -0.1) is 0 Å². The smallest absolute Gasteiger partial charge is 0.258 e. The molecule has 8 heteroatoms. The predicted octanol–water partition coefficient (Wildman–Crippen LogP) is 1.34. The molecule has 0 bridgehead atoms. The van der Waals surface area contributed by atoms with E-state index < -0.39 is 0 Å². The van der Waals surface area contributed by atoms with Gasteiger partial charge in [0, 0.05) is 13.6 Å². The Hall–Kier alpha value is -1.76. The van der Waals surface area contributed by atoms with Crippen LogP contribution in [-0.2, 0) is 0 Å². The summed E-state index contributed by atoms with van der Waals surface area (Å²) in [4.78, 5) is 18.5. The zero-order valence-electron chi connectivity index (χ0n) is 10.6. The van der Waals surface area contributed by atoms with Crippen molar-refractivity contribution in [1.82, 2.24) is 29.7 Å². The van der Waals surface area contributed by atoms with Gasteiger partial charge in [-0.1, -0.05) is 6.42 Å². The van der Waals surface area contributed by atoms with E-state index in [0.29, 0.717) is 11.9 Å². The van der Waals surface area contributed by atoms with Crippen LogP contribution in [0.2, 0.25) is 5.28 Å². The lowest BCUT2D eigenvalue weighted by molar-refractivity contribution is 0.320. The SMILES string of the molecule is CN(CC1CCC1)c1nc(Cl)nc(-n2cncn2)n1. The second kappa shape index (κ2) is 5.08. The van der Waals surface area contributed by atoms with Crippen molar-refractivity contribution in [2.45, 2.75) is 19.3 Å². The Labute approximate surface area is 115 Å². The molecule has 19 heavy (non-hydrogen) atoms. The summed E-state index contributed by atoms with van der Waals surface area (Å²) in [7, 11) is 1.97. The summed E-state index contributed by atoms with van der Waals surface area (Å²) in [6.45, 7) is 0.942. The van der Waals surface area contributed by atoms with Crippen LogP contribution in [0.4, 0.5) is 5.95 Å². The average Bonchev–Trinajstić information content (AvgIpc) is 2.86. The molecule has 0 N–H and O–H groups in total. The van der Waals surface area contributed by atoms with Gasteiger partial charge in [-0.25, -0.2) is 4.98 Å². The van der Waals surface area contributed by atoms with Crippen LogP contribution in [-0.4, -0.2) is 43.3 Å². The maximum atomic E-state index is 5.94. The summed E-state index contributed by atoms with van der Waals surface area (Å²) in [6.07, 6.45) is 6.83. The van der Waals surface area contributed by atoms with Crippen LogP contribution >= 0.6 is 11.6 Å². The summed E-state index contributed by atoms with van der Waals surface area (Å²) in [5, 5.41) is 4.15. The summed E-state index contributed by atoms with van der Waals surface area (Å²) in [5.74, 6) is 1.68. The standard InChI is InChI=1S/C11H14ClN7/c1-18(5-8-3-2-4-8)10-15-9(12)16-11(17-10)19-7-13-6-14-19/h6-8H,2-5H2,1H3. The first-order valence-electron chi connectivity index (χ1n) is 6.20. The number of halogens is 1. The van der Waals surface area contributed by atoms with Crippen LogP contribution in [0.25, 0.3) is 5.95 Å². The molecule has 0 saturated heterocycles. The molecule has 0 radical (unpaired) electrons. The van der Waals surface area contributed by atoms with E-state index in [1.807, 2.05) is 11.9 Å². The maximum absolute atomic E-state index is 5.94. The third-order valence-corrected chi connectivity index (χ3v) is 3.48. The Morgan fingerprint density at radius 3 is 2.84 bits per heavy atom. The van der Waals surface area contributed by atoms with Crippen LogP contribution in [0.1, 0.15) is 19.3 Å². The normalized spacial score (nSPS) is 15.3. The van der Waals surface area contributed by atoms with E-state index in [0.717, 1.165) is 12.5 Å². The van der Waals surface area contributed by atoms with Crippen molar-refractivity contribution in [3.05, 3.63) is 17.9 Å². The highest BCUT2D eigenvalue weighted by Crippen LogP contribution is 2.27. The fourth-order valence-corrected chi connectivity index (χ4v) is 2.21. The molecular formula is C11H14ClN7. The highest BCUT2D eigenvalue weighted by atomic mass is 35.5. The van der Waals surface area contributed by atoms with E-state index in [2.05, 4.69) is 25.0 Å². The lowest BCUT2D eigenvalue weighted by Gasteiger charge is -2.30. The van der Waals surface area contributed by atoms with Crippen molar-refractivity contribution in [2.75, 3.05) is 18.5 Å². The minimum absolute atomic E-state index is 0.163. The van der Waals surface area contributed by atoms with Crippen molar-refractivity contribution in [3.63, 3.8) is 0 Å². The van der Waals surface area contributed by atoms with Gasteiger partial charge in [0.25, 0.3) is 5.95 Å². The van der Waals surface area contributed by atoms with E-state index in [-0.39, 0.29) is 5.28 Å². The number of hydrogen-bond acceptors (Lipinski definition) is 6. The van der Waals surface area contributed by atoms with E-state index in [1.165, 1.54) is 36.6 Å². The van der Waals surface area contributed by atoms with Gasteiger partial charge in [0.2, 0.25) is 11.2 Å². The average molecular weight is 280 g/mol. The number of rotatable bonds is 4. The Morgan fingerprint density at radius 2 is 2.21 bits per heavy atom. The second-order valence-corrected chi connectivity index (χ2v) is 5.06. The molecule has 7 nitrogen and oxygen atoms in total. The van der Waals surface area contributed by atoms with Gasteiger partial charge in [-0.2, -0.15) is 24.7 Å². The van der Waals surface area contributed by atoms with Gasteiger partial charge in [-0.05, 0) is 30.4 Å². The first-order chi connectivity index (χ1) is 9.22. The first-order valence-corrected chi connectivity index (χ1v) is 6.58. The van der Waals surface area contributed by atoms with Gasteiger partial charge in [0.05, 0.1) is 0 Å². The van der Waals surface area contributed by atoms with E-state index in [9.17, 15) is 0 Å². The minimum Gasteiger partial charge on any atom is -0.343 e. The highest BCUT2D eigenvalue weighted by molar-refractivity contribution is 6.28. The molecular weight excluding hydrogens is 266 g/mol. The zero-order chi connectivity index (χ0) is 13.2. The van der Waals surface area contributed by atoms with Crippen molar-refractivity contribution in [3.8, 4) is 5.95 Å². The summed E-state index contributed by atoms with van der Waals surface area (Å²) < 4.78 is 1.47. The summed E-state index contributed by atoms with van der Waals surface area (Å²) in [6, 6.07) is 0. The highest BCUT2D eigenvalue weighted by Gasteiger charge is 2.21. The van der Waals surface area contributed by atoms with Crippen LogP contribution < -0.4 is 4.90 Å². The minimum atomic E-state index is 0.163. The molecule has 0 atom stereocenters. The van der Waals surface area contributed by atoms with Crippen molar-refractivity contribution < 1.29 is 0 Å². The van der Waals surface area contributed by atoms with Gasteiger partial charge in [0.1, 0.15) is 12.7 Å². The van der Waals surface area contributed by atoms with Gasteiger partial charge >= 0.3 is 0 Å². The molecule has 3 rings (SSSR count). The number of anilines is 1. The topological polar surface area (TPSA) is 72.6 Å². The van der Waals surface area contributed by atoms with E-state index in [1.54, 1.807) is 0 Å². The van der Waals surface area contributed by atoms with Crippen LogP contribution in [0, 0.1) is 5.92 Å². The Morgan fingerprint density at radius 1 is 1.37 bits per heavy atom. The number of aromatic nitrogens is 6. The molecule has 1 fully saturated rings. The molecule has 0 aliphatic heterocycles. The quantitative estimate of drug-likeness (QED) is 0.841. The van der Waals surface area contributed by atoms with E-state index >= 15 is 0 Å². The Balaban J connectivity index is 1.84. The van der Waals surface area contributed by atoms with Crippen molar-refractivity contribution >= 4 is 17.5 Å². The molecule has 0 unspecified atom stereocenters. The van der Waals surface area contributed by atoms with Crippen LogP contribution in [0.15, 0.2) is 12.7 Å². The van der Waals surface area contributed by atoms with Gasteiger partial charge in [-0.3, -0.25) is 0 Å². The first kappa shape index (κ1) is 12.3. The molecule has 100 valence electrons. The number of nitrogens with zero attached hydrogens (tertiary/aromatic N) is 7. The lowest BCUT2D eigenvalue weighted by Crippen LogP contribution is -2.30. The monoisotopic (exact) mass is 279 g/mol. The molecule has 2 aromatic heterocycles. The molecule has 2 aromatic rings. The fraction of sp³-hybridized carbons (Fsp3) is 0.545. The largest absolute Gasteiger partial charge is 0.343 e. The van der Waals surface area contributed by atoms with E-state index in [4.69, 9.17) is 11.6 Å². The molecule has 1 aliphatic carbocycles. The Kier molecular flexibility index (Phi) is 3.29. The summed E-state index contributed by atoms with van der Waals surface area (Å²) >= 11 is 5.94. The predicted molar refractivity (Wildman–Crippen MR) is 70.4 cm³/mol. The zero-order valence-corrected chi connectivity index (χ0v) is 11.3. The molecule has 1 aliphatic rings. The molecule has 1 saturated carbocycles. The molecule has 0 aromatic carbocycles. The van der Waals surface area contributed by atoms with Crippen LogP contribution in [0.3, 0.4) is 0 Å². The number of hydrogen-bond donors (Lipinski definition) is 0. The second-order valence-electron chi connectivity index (χ2n) is 4.72. The van der Waals surface area contributed by atoms with Crippen molar-refractivity contribution in [1.29, 1.82) is 0 Å². The summed E-state index contributed by atoms with van der Waals surface area (Å²) in [5.41, 5.74) is 0. The Bertz CT molecular complexity index is 552.